The van der Waals surface area contributed by atoms with Crippen molar-refractivity contribution in [2.75, 3.05) is 6.54 Å². The van der Waals surface area contributed by atoms with E-state index in [-0.39, 0.29) is 6.03 Å². The fourth-order valence-corrected chi connectivity index (χ4v) is 2.36. The predicted molar refractivity (Wildman–Crippen MR) is 69.5 cm³/mol. The monoisotopic (exact) mass is 267 g/mol. The van der Waals surface area contributed by atoms with Crippen molar-refractivity contribution >= 4 is 6.03 Å². The topological polar surface area (TPSA) is 87.4 Å². The van der Waals surface area contributed by atoms with Crippen LogP contribution in [0.25, 0.3) is 0 Å². The third-order valence-electron chi connectivity index (χ3n) is 3.62. The van der Waals surface area contributed by atoms with Gasteiger partial charge >= 0.3 is 6.03 Å². The maximum absolute atomic E-state index is 11.6. The maximum Gasteiger partial charge on any atom is 0.315 e. The zero-order valence-electron chi connectivity index (χ0n) is 11.2. The van der Waals surface area contributed by atoms with E-state index in [4.69, 9.17) is 4.42 Å². The molecule has 0 unspecified atom stereocenters. The van der Waals surface area contributed by atoms with Gasteiger partial charge in [-0.25, -0.2) is 9.78 Å². The average molecular weight is 267 g/mol. The van der Waals surface area contributed by atoms with E-state index in [0.29, 0.717) is 24.5 Å². The first-order valence-corrected chi connectivity index (χ1v) is 6.72. The summed E-state index contributed by atoms with van der Waals surface area (Å²) in [5.74, 6) is 0.700. The zero-order valence-corrected chi connectivity index (χ0v) is 11.2. The number of amides is 2. The summed E-state index contributed by atoms with van der Waals surface area (Å²) in [6.45, 7) is 2.43. The molecular formula is C13H21N3O3. The summed E-state index contributed by atoms with van der Waals surface area (Å²) < 4.78 is 5.05. The molecule has 0 saturated heterocycles. The largest absolute Gasteiger partial charge is 0.448 e. The first kappa shape index (κ1) is 13.9. The number of rotatable bonds is 4. The highest BCUT2D eigenvalue weighted by Crippen LogP contribution is 2.27. The molecular weight excluding hydrogens is 246 g/mol. The Hall–Kier alpha value is -1.56. The van der Waals surface area contributed by atoms with Gasteiger partial charge in [0.1, 0.15) is 11.5 Å². The molecule has 19 heavy (non-hydrogen) atoms. The summed E-state index contributed by atoms with van der Waals surface area (Å²) in [5, 5.41) is 15.7. The van der Waals surface area contributed by atoms with Crippen LogP contribution >= 0.6 is 0 Å². The molecule has 1 fully saturated rings. The Bertz CT molecular complexity index is 425. The zero-order chi connectivity index (χ0) is 13.7. The van der Waals surface area contributed by atoms with E-state index in [2.05, 4.69) is 15.6 Å². The average Bonchev–Trinajstić information content (AvgIpc) is 2.81. The van der Waals surface area contributed by atoms with Crippen LogP contribution in [0, 0.1) is 6.92 Å². The van der Waals surface area contributed by atoms with Gasteiger partial charge in [0.05, 0.1) is 12.1 Å². The summed E-state index contributed by atoms with van der Waals surface area (Å²) >= 11 is 0. The first-order chi connectivity index (χ1) is 9.09. The summed E-state index contributed by atoms with van der Waals surface area (Å²) in [6, 6.07) is -0.290. The van der Waals surface area contributed by atoms with Gasteiger partial charge in [0.2, 0.25) is 0 Å². The number of aromatic nitrogens is 1. The lowest BCUT2D eigenvalue weighted by atomic mass is 9.85. The third-order valence-corrected chi connectivity index (χ3v) is 3.62. The molecule has 1 saturated carbocycles. The molecule has 1 aliphatic carbocycles. The van der Waals surface area contributed by atoms with Crippen LogP contribution in [0.3, 0.4) is 0 Å². The Morgan fingerprint density at radius 3 is 2.79 bits per heavy atom. The summed E-state index contributed by atoms with van der Waals surface area (Å²) in [7, 11) is 0. The summed E-state index contributed by atoms with van der Waals surface area (Å²) in [4.78, 5) is 15.6. The summed E-state index contributed by atoms with van der Waals surface area (Å²) in [6.07, 6.45) is 6.09. The molecule has 106 valence electrons. The smallest absolute Gasteiger partial charge is 0.315 e. The number of hydrogen-bond acceptors (Lipinski definition) is 4. The van der Waals surface area contributed by atoms with Crippen LogP contribution in [-0.4, -0.2) is 28.3 Å². The van der Waals surface area contributed by atoms with Gasteiger partial charge in [0, 0.05) is 6.54 Å². The van der Waals surface area contributed by atoms with Crippen LogP contribution in [0.1, 0.15) is 43.6 Å². The van der Waals surface area contributed by atoms with Crippen molar-refractivity contribution in [3.05, 3.63) is 17.8 Å². The standard InChI is InChI=1S/C13H21N3O3/c1-10-11(16-9-19-10)7-14-12(17)15-8-13(18)5-3-2-4-6-13/h9,18H,2-8H2,1H3,(H2,14,15,17). The SMILES string of the molecule is Cc1ocnc1CNC(=O)NCC1(O)CCCCC1. The van der Waals surface area contributed by atoms with Gasteiger partial charge in [-0.2, -0.15) is 0 Å². The van der Waals surface area contributed by atoms with Gasteiger partial charge in [-0.3, -0.25) is 0 Å². The molecule has 2 rings (SSSR count). The highest BCUT2D eigenvalue weighted by Gasteiger charge is 2.29. The number of carbonyl (C=O) groups excluding carboxylic acids is 1. The molecule has 6 nitrogen and oxygen atoms in total. The van der Waals surface area contributed by atoms with E-state index < -0.39 is 5.60 Å². The number of urea groups is 1. The van der Waals surface area contributed by atoms with Crippen molar-refractivity contribution in [1.29, 1.82) is 0 Å². The number of nitrogens with one attached hydrogen (secondary N) is 2. The van der Waals surface area contributed by atoms with Crippen molar-refractivity contribution in [3.63, 3.8) is 0 Å². The molecule has 1 aliphatic rings. The van der Waals surface area contributed by atoms with Gasteiger partial charge in [-0.1, -0.05) is 19.3 Å². The van der Waals surface area contributed by atoms with Crippen LogP contribution in [0.4, 0.5) is 4.79 Å². The quantitative estimate of drug-likeness (QED) is 0.771. The minimum atomic E-state index is -0.737. The minimum Gasteiger partial charge on any atom is -0.448 e. The molecule has 2 amide bonds. The van der Waals surface area contributed by atoms with Gasteiger partial charge in [0.15, 0.2) is 6.39 Å². The first-order valence-electron chi connectivity index (χ1n) is 6.72. The second-order valence-electron chi connectivity index (χ2n) is 5.18. The molecule has 1 aromatic heterocycles. The van der Waals surface area contributed by atoms with E-state index in [9.17, 15) is 9.90 Å². The third kappa shape index (κ3) is 3.96. The number of aryl methyl sites for hydroxylation is 1. The highest BCUT2D eigenvalue weighted by molar-refractivity contribution is 5.73. The van der Waals surface area contributed by atoms with Crippen molar-refractivity contribution in [2.45, 2.75) is 51.2 Å². The van der Waals surface area contributed by atoms with Crippen molar-refractivity contribution < 1.29 is 14.3 Å². The molecule has 0 radical (unpaired) electrons. The summed E-state index contributed by atoms with van der Waals surface area (Å²) in [5.41, 5.74) is -0.0223. The Morgan fingerprint density at radius 2 is 2.16 bits per heavy atom. The normalized spacial score (nSPS) is 18.0. The fourth-order valence-electron chi connectivity index (χ4n) is 2.36. The molecule has 0 bridgehead atoms. The van der Waals surface area contributed by atoms with Crippen LogP contribution in [0.15, 0.2) is 10.8 Å². The molecule has 0 atom stereocenters. The number of carbonyl (C=O) groups is 1. The van der Waals surface area contributed by atoms with E-state index >= 15 is 0 Å². The van der Waals surface area contributed by atoms with E-state index in [1.54, 1.807) is 6.92 Å². The predicted octanol–water partition coefficient (Wildman–Crippen LogP) is 1.48. The van der Waals surface area contributed by atoms with Gasteiger partial charge in [-0.15, -0.1) is 0 Å². The Labute approximate surface area is 112 Å². The minimum absolute atomic E-state index is 0.290. The van der Waals surface area contributed by atoms with Crippen LogP contribution < -0.4 is 10.6 Å². The Balaban J connectivity index is 1.71. The lowest BCUT2D eigenvalue weighted by molar-refractivity contribution is 0.00719. The maximum atomic E-state index is 11.6. The lowest BCUT2D eigenvalue weighted by Crippen LogP contribution is -2.47. The lowest BCUT2D eigenvalue weighted by Gasteiger charge is -2.32. The second kappa shape index (κ2) is 6.06. The van der Waals surface area contributed by atoms with Crippen LogP contribution in [0.2, 0.25) is 0 Å². The van der Waals surface area contributed by atoms with E-state index in [1.807, 2.05) is 0 Å². The number of nitrogens with zero attached hydrogens (tertiary/aromatic N) is 1. The molecule has 0 spiro atoms. The van der Waals surface area contributed by atoms with Crippen LogP contribution in [0.5, 0.6) is 0 Å². The van der Waals surface area contributed by atoms with Crippen molar-refractivity contribution in [3.8, 4) is 0 Å². The van der Waals surface area contributed by atoms with Crippen molar-refractivity contribution in [1.82, 2.24) is 15.6 Å². The number of oxazole rings is 1. The molecule has 3 N–H and O–H groups in total. The van der Waals surface area contributed by atoms with E-state index in [0.717, 1.165) is 25.7 Å². The van der Waals surface area contributed by atoms with Crippen LogP contribution in [-0.2, 0) is 6.54 Å². The van der Waals surface area contributed by atoms with Gasteiger partial charge in [-0.05, 0) is 19.8 Å². The number of hydrogen-bond donors (Lipinski definition) is 3. The molecule has 6 heteroatoms. The Morgan fingerprint density at radius 1 is 1.42 bits per heavy atom. The van der Waals surface area contributed by atoms with Crippen molar-refractivity contribution in [2.24, 2.45) is 0 Å². The molecule has 0 aliphatic heterocycles. The molecule has 0 aromatic carbocycles. The highest BCUT2D eigenvalue weighted by atomic mass is 16.3. The van der Waals surface area contributed by atoms with Gasteiger partial charge < -0.3 is 20.2 Å². The van der Waals surface area contributed by atoms with E-state index in [1.165, 1.54) is 12.8 Å². The fraction of sp³-hybridized carbons (Fsp3) is 0.692. The van der Waals surface area contributed by atoms with Gasteiger partial charge in [0.25, 0.3) is 0 Å². The molecule has 1 aromatic rings. The molecule has 1 heterocycles. The Kier molecular flexibility index (Phi) is 4.42. The number of aliphatic hydroxyl groups is 1. The second-order valence-corrected chi connectivity index (χ2v) is 5.18.